The number of hydrogen-bond donors (Lipinski definition) is 1. The Bertz CT molecular complexity index is 502. The summed E-state index contributed by atoms with van der Waals surface area (Å²) in [6, 6.07) is 9.12. The summed E-state index contributed by atoms with van der Waals surface area (Å²) in [5.41, 5.74) is 2.90. The van der Waals surface area contributed by atoms with Crippen molar-refractivity contribution in [2.45, 2.75) is 25.8 Å². The first kappa shape index (κ1) is 17.3. The largest absolute Gasteiger partial charge is 0.340 e. The van der Waals surface area contributed by atoms with Gasteiger partial charge in [0.25, 0.3) is 0 Å². The molecular formula is C17H26ClN3O. The number of piperazine rings is 1. The fourth-order valence-electron chi connectivity index (χ4n) is 3.44. The van der Waals surface area contributed by atoms with E-state index in [0.29, 0.717) is 18.4 Å². The van der Waals surface area contributed by atoms with Gasteiger partial charge in [0, 0.05) is 51.7 Å². The molecule has 0 saturated carbocycles. The van der Waals surface area contributed by atoms with E-state index in [0.717, 1.165) is 45.7 Å². The van der Waals surface area contributed by atoms with Gasteiger partial charge in [0.1, 0.15) is 0 Å². The van der Waals surface area contributed by atoms with E-state index < -0.39 is 0 Å². The molecule has 2 heterocycles. The van der Waals surface area contributed by atoms with Crippen molar-refractivity contribution in [1.29, 1.82) is 0 Å². The highest BCUT2D eigenvalue weighted by Crippen LogP contribution is 2.28. The third-order valence-corrected chi connectivity index (χ3v) is 4.80. The van der Waals surface area contributed by atoms with E-state index >= 15 is 0 Å². The lowest BCUT2D eigenvalue weighted by atomic mass is 9.93. The minimum Gasteiger partial charge on any atom is -0.340 e. The van der Waals surface area contributed by atoms with E-state index in [-0.39, 0.29) is 12.4 Å². The molecule has 1 aromatic carbocycles. The quantitative estimate of drug-likeness (QED) is 0.922. The molecule has 0 aliphatic carbocycles. The van der Waals surface area contributed by atoms with Crippen LogP contribution in [0.4, 0.5) is 0 Å². The Balaban J connectivity index is 0.00000176. The zero-order chi connectivity index (χ0) is 14.7. The summed E-state index contributed by atoms with van der Waals surface area (Å²) in [6.45, 7) is 7.77. The van der Waals surface area contributed by atoms with Crippen LogP contribution in [0.3, 0.4) is 0 Å². The summed E-state index contributed by atoms with van der Waals surface area (Å²) in [5, 5.41) is 3.29. The van der Waals surface area contributed by atoms with E-state index in [2.05, 4.69) is 41.4 Å². The van der Waals surface area contributed by atoms with Crippen LogP contribution in [0.25, 0.3) is 0 Å². The number of amides is 1. The molecule has 0 spiro atoms. The van der Waals surface area contributed by atoms with Gasteiger partial charge < -0.3 is 10.2 Å². The molecule has 3 rings (SSSR count). The molecule has 0 radical (unpaired) electrons. The Hall–Kier alpha value is -1.10. The lowest BCUT2D eigenvalue weighted by Crippen LogP contribution is -2.47. The Kier molecular flexibility index (Phi) is 6.24. The van der Waals surface area contributed by atoms with E-state index in [1.807, 2.05) is 4.90 Å². The van der Waals surface area contributed by atoms with Crippen LogP contribution in [0, 0.1) is 0 Å². The molecule has 0 aromatic heterocycles. The van der Waals surface area contributed by atoms with Gasteiger partial charge in [-0.05, 0) is 24.5 Å². The zero-order valence-corrected chi connectivity index (χ0v) is 14.1. The summed E-state index contributed by atoms with van der Waals surface area (Å²) in [7, 11) is 0. The van der Waals surface area contributed by atoms with Crippen molar-refractivity contribution in [1.82, 2.24) is 15.1 Å². The molecule has 2 aliphatic rings. The smallest absolute Gasteiger partial charge is 0.223 e. The minimum atomic E-state index is 0. The number of halogens is 1. The molecule has 1 saturated heterocycles. The van der Waals surface area contributed by atoms with Gasteiger partial charge in [0.05, 0.1) is 0 Å². The molecule has 4 nitrogen and oxygen atoms in total. The highest BCUT2D eigenvalue weighted by molar-refractivity contribution is 5.85. The molecule has 1 amide bonds. The molecule has 22 heavy (non-hydrogen) atoms. The van der Waals surface area contributed by atoms with Gasteiger partial charge in [-0.25, -0.2) is 0 Å². The third-order valence-electron chi connectivity index (χ3n) is 4.80. The van der Waals surface area contributed by atoms with Crippen LogP contribution < -0.4 is 5.32 Å². The molecule has 1 fully saturated rings. The lowest BCUT2D eigenvalue weighted by molar-refractivity contribution is -0.132. The molecule has 5 heteroatoms. The fraction of sp³-hybridized carbons (Fsp3) is 0.588. The molecule has 0 bridgehead atoms. The number of fused-ring (bicyclic) bond motifs is 1. The van der Waals surface area contributed by atoms with Gasteiger partial charge in [-0.15, -0.1) is 12.4 Å². The number of hydrogen-bond acceptors (Lipinski definition) is 3. The zero-order valence-electron chi connectivity index (χ0n) is 13.3. The summed E-state index contributed by atoms with van der Waals surface area (Å²) < 4.78 is 0. The summed E-state index contributed by atoms with van der Waals surface area (Å²) in [6.07, 6.45) is 1.74. The van der Waals surface area contributed by atoms with Crippen molar-refractivity contribution in [3.05, 3.63) is 35.4 Å². The summed E-state index contributed by atoms with van der Waals surface area (Å²) in [4.78, 5) is 16.7. The predicted molar refractivity (Wildman–Crippen MR) is 91.4 cm³/mol. The van der Waals surface area contributed by atoms with Gasteiger partial charge in [-0.1, -0.05) is 24.3 Å². The maximum Gasteiger partial charge on any atom is 0.223 e. The standard InChI is InChI=1S/C17H25N3O.ClH/c1-14-16-5-3-2-4-15(16)6-10-19(14)11-7-17(21)20-12-8-18-9-13-20;/h2-5,14,18H,6-13H2,1H3;1H. The number of nitrogens with zero attached hydrogens (tertiary/aromatic N) is 2. The minimum absolute atomic E-state index is 0. The van der Waals surface area contributed by atoms with Crippen LogP contribution in [-0.4, -0.2) is 55.0 Å². The first-order valence-corrected chi connectivity index (χ1v) is 8.06. The molecule has 1 N–H and O–H groups in total. The predicted octanol–water partition coefficient (Wildman–Crippen LogP) is 1.85. The number of carbonyl (C=O) groups excluding carboxylic acids is 1. The van der Waals surface area contributed by atoms with Crippen molar-refractivity contribution in [3.8, 4) is 0 Å². The second-order valence-corrected chi connectivity index (χ2v) is 6.04. The number of benzene rings is 1. The van der Waals surface area contributed by atoms with Crippen molar-refractivity contribution >= 4 is 18.3 Å². The van der Waals surface area contributed by atoms with Crippen LogP contribution in [0.1, 0.15) is 30.5 Å². The van der Waals surface area contributed by atoms with Gasteiger partial charge in [-0.2, -0.15) is 0 Å². The topological polar surface area (TPSA) is 35.6 Å². The Labute approximate surface area is 139 Å². The molecule has 1 aromatic rings. The van der Waals surface area contributed by atoms with Gasteiger partial charge in [0.2, 0.25) is 5.91 Å². The molecule has 1 unspecified atom stereocenters. The highest BCUT2D eigenvalue weighted by atomic mass is 35.5. The van der Waals surface area contributed by atoms with Crippen molar-refractivity contribution in [2.24, 2.45) is 0 Å². The number of nitrogens with one attached hydrogen (secondary N) is 1. The van der Waals surface area contributed by atoms with Crippen molar-refractivity contribution in [2.75, 3.05) is 39.3 Å². The van der Waals surface area contributed by atoms with Gasteiger partial charge >= 0.3 is 0 Å². The lowest BCUT2D eigenvalue weighted by Gasteiger charge is -2.36. The average Bonchev–Trinajstić information content (AvgIpc) is 2.55. The van der Waals surface area contributed by atoms with Crippen LogP contribution in [0.5, 0.6) is 0 Å². The van der Waals surface area contributed by atoms with Crippen molar-refractivity contribution in [3.63, 3.8) is 0 Å². The molecule has 122 valence electrons. The number of carbonyl (C=O) groups is 1. The highest BCUT2D eigenvalue weighted by Gasteiger charge is 2.24. The Morgan fingerprint density at radius 3 is 2.73 bits per heavy atom. The first-order valence-electron chi connectivity index (χ1n) is 8.06. The number of rotatable bonds is 3. The van der Waals surface area contributed by atoms with E-state index in [1.54, 1.807) is 0 Å². The maximum atomic E-state index is 12.3. The Morgan fingerprint density at radius 2 is 1.95 bits per heavy atom. The Morgan fingerprint density at radius 1 is 1.23 bits per heavy atom. The van der Waals surface area contributed by atoms with Gasteiger partial charge in [-0.3, -0.25) is 9.69 Å². The van der Waals surface area contributed by atoms with Crippen LogP contribution in [0.15, 0.2) is 24.3 Å². The summed E-state index contributed by atoms with van der Waals surface area (Å²) in [5.74, 6) is 0.308. The second-order valence-electron chi connectivity index (χ2n) is 6.04. The average molecular weight is 324 g/mol. The van der Waals surface area contributed by atoms with E-state index in [1.165, 1.54) is 11.1 Å². The van der Waals surface area contributed by atoms with Gasteiger partial charge in [0.15, 0.2) is 0 Å². The van der Waals surface area contributed by atoms with Crippen molar-refractivity contribution < 1.29 is 4.79 Å². The fourth-order valence-corrected chi connectivity index (χ4v) is 3.44. The molecule has 2 aliphatic heterocycles. The van der Waals surface area contributed by atoms with Crippen LogP contribution in [0.2, 0.25) is 0 Å². The molecular weight excluding hydrogens is 298 g/mol. The third kappa shape index (κ3) is 3.80. The summed E-state index contributed by atoms with van der Waals surface area (Å²) >= 11 is 0. The maximum absolute atomic E-state index is 12.3. The monoisotopic (exact) mass is 323 g/mol. The van der Waals surface area contributed by atoms with Crippen LogP contribution >= 0.6 is 12.4 Å². The normalized spacial score (nSPS) is 21.9. The van der Waals surface area contributed by atoms with Crippen LogP contribution in [-0.2, 0) is 11.2 Å². The van der Waals surface area contributed by atoms with E-state index in [9.17, 15) is 4.79 Å². The molecule has 1 atom stereocenters. The first-order chi connectivity index (χ1) is 10.3. The second kappa shape index (κ2) is 7.95. The SMILES string of the molecule is CC1c2ccccc2CCN1CCC(=O)N1CCNCC1.Cl. The van der Waals surface area contributed by atoms with E-state index in [4.69, 9.17) is 0 Å².